The van der Waals surface area contributed by atoms with Crippen LogP contribution in [0.25, 0.3) is 0 Å². The average molecular weight is 557 g/mol. The second-order valence-electron chi connectivity index (χ2n) is 7.11. The van der Waals surface area contributed by atoms with Gasteiger partial charge in [-0.1, -0.05) is 0 Å². The van der Waals surface area contributed by atoms with Crippen molar-refractivity contribution in [2.24, 2.45) is 0 Å². The van der Waals surface area contributed by atoms with Gasteiger partial charge >= 0.3 is 196 Å². The average Bonchev–Trinajstić information content (AvgIpc) is 2.71. The van der Waals surface area contributed by atoms with Crippen molar-refractivity contribution in [3.05, 3.63) is 57.6 Å². The van der Waals surface area contributed by atoms with Crippen molar-refractivity contribution >= 4 is 28.3 Å². The Hall–Kier alpha value is -0.709. The molecule has 2 aromatic carbocycles. The molecule has 2 rings (SSSR count). The Bertz CT molecular complexity index is 867. The molecule has 30 heavy (non-hydrogen) atoms. The molecule has 0 saturated heterocycles. The molecule has 4 nitrogen and oxygen atoms in total. The Balaban J connectivity index is 0.000000804. The Morgan fingerprint density at radius 3 is 1.13 bits per heavy atom. The summed E-state index contributed by atoms with van der Waals surface area (Å²) in [5, 5.41) is 0. The Morgan fingerprint density at radius 2 is 0.900 bits per heavy atom. The van der Waals surface area contributed by atoms with Gasteiger partial charge in [0.05, 0.1) is 0 Å². The number of benzene rings is 2. The molecule has 0 N–H and O–H groups in total. The Morgan fingerprint density at radius 1 is 0.600 bits per heavy atom. The molecule has 0 heterocycles. The first kappa shape index (κ1) is 27.3. The van der Waals surface area contributed by atoms with E-state index in [-0.39, 0.29) is 0 Å². The number of rotatable bonds is 8. The summed E-state index contributed by atoms with van der Waals surface area (Å²) in [7, 11) is 0. The molecule has 2 aromatic rings. The summed E-state index contributed by atoms with van der Waals surface area (Å²) < 4.78 is 37.8. The van der Waals surface area contributed by atoms with E-state index >= 15 is 0 Å². The van der Waals surface area contributed by atoms with Gasteiger partial charge < -0.3 is 0 Å². The molecule has 0 radical (unpaired) electrons. The zero-order chi connectivity index (χ0) is 22.9. The molecule has 0 aromatic heterocycles. The second kappa shape index (κ2) is 13.0. The first-order chi connectivity index (χ1) is 14.1. The maximum absolute atomic E-state index is 8.59. The topological polar surface area (TPSA) is 80.3 Å². The van der Waals surface area contributed by atoms with Crippen molar-refractivity contribution in [2.75, 3.05) is 0 Å². The van der Waals surface area contributed by atoms with Crippen LogP contribution in [0.2, 0.25) is 0 Å². The van der Waals surface area contributed by atoms with Crippen LogP contribution in [0.3, 0.4) is 0 Å². The zero-order valence-corrected chi connectivity index (χ0v) is 23.2. The van der Waals surface area contributed by atoms with Crippen LogP contribution in [-0.4, -0.2) is 21.1 Å². The standard InChI is InChI=1S/2C12H17.Cr.4O.Sn/c2*1-4-10-8-7-9-11(5-2)12(10)6-3;;;;;;/h2*7-8H,4-6H2,1-3H3;;;;;;/q;;;;;2*-1;+2. The van der Waals surface area contributed by atoms with Crippen molar-refractivity contribution in [1.82, 2.24) is 0 Å². The van der Waals surface area contributed by atoms with Crippen molar-refractivity contribution in [3.8, 4) is 0 Å². The summed E-state index contributed by atoms with van der Waals surface area (Å²) >= 11 is -6.51. The van der Waals surface area contributed by atoms with Crippen LogP contribution >= 0.6 is 0 Å². The number of hydrogen-bond donors (Lipinski definition) is 0. The van der Waals surface area contributed by atoms with Crippen molar-refractivity contribution in [1.29, 1.82) is 0 Å². The van der Waals surface area contributed by atoms with E-state index < -0.39 is 34.8 Å². The number of aryl methyl sites for hydroxylation is 2. The zero-order valence-electron chi connectivity index (χ0n) is 19.1. The minimum atomic E-state index is -5.75. The molecule has 0 saturated carbocycles. The van der Waals surface area contributed by atoms with E-state index in [1.807, 2.05) is 0 Å². The first-order valence-electron chi connectivity index (χ1n) is 10.9. The summed E-state index contributed by atoms with van der Waals surface area (Å²) in [6, 6.07) is 9.78. The molecule has 0 aliphatic carbocycles. The Kier molecular flexibility index (Phi) is 11.8. The molecule has 0 unspecified atom stereocenters. The monoisotopic (exact) mass is 558 g/mol. The number of hydrogen-bond acceptors (Lipinski definition) is 4. The van der Waals surface area contributed by atoms with Gasteiger partial charge in [-0.15, -0.1) is 0 Å². The van der Waals surface area contributed by atoms with Gasteiger partial charge in [0.25, 0.3) is 0 Å². The van der Waals surface area contributed by atoms with E-state index in [4.69, 9.17) is 15.9 Å². The SMILES string of the molecule is CCc1cc[c]([Sn+2][c]2ccc(CC)c(CC)c2CC)c(CC)c1CC.[O]=[Cr](=[O])([O-])[O-]. The van der Waals surface area contributed by atoms with Crippen LogP contribution in [-0.2, 0) is 59.7 Å². The fraction of sp³-hybridized carbons (Fsp3) is 0.500. The van der Waals surface area contributed by atoms with Crippen molar-refractivity contribution in [2.45, 2.75) is 80.1 Å². The van der Waals surface area contributed by atoms with Crippen LogP contribution in [0, 0.1) is 0 Å². The fourth-order valence-electron chi connectivity index (χ4n) is 4.21. The third kappa shape index (κ3) is 7.76. The molecular formula is C24H34CrO4Sn. The predicted octanol–water partition coefficient (Wildman–Crippen LogP) is 2.10. The van der Waals surface area contributed by atoms with E-state index in [0.29, 0.717) is 0 Å². The summed E-state index contributed by atoms with van der Waals surface area (Å²) in [5.41, 5.74) is 9.76. The van der Waals surface area contributed by atoms with Crippen molar-refractivity contribution < 1.29 is 29.5 Å². The van der Waals surface area contributed by atoms with Gasteiger partial charge in [-0.3, -0.25) is 0 Å². The Labute approximate surface area is 194 Å². The molecule has 0 atom stereocenters. The normalized spacial score (nSPS) is 10.9. The van der Waals surface area contributed by atoms with Crippen LogP contribution in [0.1, 0.15) is 74.9 Å². The van der Waals surface area contributed by atoms with Gasteiger partial charge in [-0.2, -0.15) is 0 Å². The van der Waals surface area contributed by atoms with Crippen LogP contribution in [0.15, 0.2) is 24.3 Å². The van der Waals surface area contributed by atoms with Crippen LogP contribution in [0.4, 0.5) is 0 Å². The van der Waals surface area contributed by atoms with Gasteiger partial charge in [-0.25, -0.2) is 0 Å². The van der Waals surface area contributed by atoms with E-state index in [0.717, 1.165) is 12.8 Å². The fourth-order valence-corrected chi connectivity index (χ4v) is 8.72. The van der Waals surface area contributed by atoms with E-state index in [1.165, 1.54) is 25.7 Å². The summed E-state index contributed by atoms with van der Waals surface area (Å²) in [6.07, 6.45) is 7.04. The molecule has 164 valence electrons. The van der Waals surface area contributed by atoms with Gasteiger partial charge in [0.1, 0.15) is 0 Å². The maximum atomic E-state index is 8.59. The predicted molar refractivity (Wildman–Crippen MR) is 116 cm³/mol. The van der Waals surface area contributed by atoms with Crippen LogP contribution in [0.5, 0.6) is 0 Å². The van der Waals surface area contributed by atoms with E-state index in [2.05, 4.69) is 65.8 Å². The molecule has 0 aliphatic heterocycles. The van der Waals surface area contributed by atoms with Gasteiger partial charge in [0, 0.05) is 0 Å². The molecule has 0 fully saturated rings. The molecule has 6 heteroatoms. The molecular weight excluding hydrogens is 523 g/mol. The first-order valence-corrected chi connectivity index (χ1v) is 15.8. The molecule has 0 amide bonds. The third-order valence-corrected chi connectivity index (χ3v) is 9.71. The minimum absolute atomic E-state index is 0.760. The second-order valence-corrected chi connectivity index (χ2v) is 12.2. The molecule has 0 spiro atoms. The third-order valence-electron chi connectivity index (χ3n) is 5.50. The van der Waals surface area contributed by atoms with E-state index in [9.17, 15) is 0 Å². The summed E-state index contributed by atoms with van der Waals surface area (Å²) in [6.45, 7) is 13.9. The molecule has 0 aliphatic rings. The molecule has 0 bridgehead atoms. The summed E-state index contributed by atoms with van der Waals surface area (Å²) in [4.78, 5) is 0. The van der Waals surface area contributed by atoms with Gasteiger partial charge in [-0.05, 0) is 0 Å². The van der Waals surface area contributed by atoms with Crippen molar-refractivity contribution in [3.63, 3.8) is 0 Å². The van der Waals surface area contributed by atoms with Crippen LogP contribution < -0.4 is 15.5 Å². The van der Waals surface area contributed by atoms with E-state index in [1.54, 1.807) is 40.5 Å². The van der Waals surface area contributed by atoms with Gasteiger partial charge in [0.2, 0.25) is 0 Å². The summed E-state index contributed by atoms with van der Waals surface area (Å²) in [5.74, 6) is 0. The quantitative estimate of drug-likeness (QED) is 0.466. The van der Waals surface area contributed by atoms with Gasteiger partial charge in [0.15, 0.2) is 0 Å².